The Hall–Kier alpha value is -3.38. The van der Waals surface area contributed by atoms with Gasteiger partial charge in [0.15, 0.2) is 11.4 Å². The number of furan rings is 1. The molecule has 0 unspecified atom stereocenters. The van der Waals surface area contributed by atoms with Crippen molar-refractivity contribution in [2.45, 2.75) is 18.1 Å². The number of aromatic amines is 1. The number of carbonyl (C=O) groups is 1. The lowest BCUT2D eigenvalue weighted by molar-refractivity contribution is 0.0947. The normalized spacial score (nSPS) is 11.2. The predicted molar refractivity (Wildman–Crippen MR) is 121 cm³/mol. The van der Waals surface area contributed by atoms with Gasteiger partial charge in [-0.1, -0.05) is 42.1 Å². The first-order chi connectivity index (χ1) is 15.8. The summed E-state index contributed by atoms with van der Waals surface area (Å²) in [5.41, 5.74) is 5.13. The van der Waals surface area contributed by atoms with Crippen molar-refractivity contribution in [2.75, 3.05) is 30.9 Å². The van der Waals surface area contributed by atoms with Crippen LogP contribution in [0.15, 0.2) is 56.5 Å². The van der Waals surface area contributed by atoms with Crippen LogP contribution < -0.4 is 21.9 Å². The minimum Gasteiger partial charge on any atom is -0.455 e. The van der Waals surface area contributed by atoms with Crippen molar-refractivity contribution < 1.29 is 22.7 Å². The summed E-state index contributed by atoms with van der Waals surface area (Å²) in [6, 6.07) is 11.7. The third kappa shape index (κ3) is 5.90. The van der Waals surface area contributed by atoms with Crippen molar-refractivity contribution in [1.29, 1.82) is 0 Å². The van der Waals surface area contributed by atoms with Crippen LogP contribution in [0.1, 0.15) is 21.9 Å². The molecule has 1 amide bonds. The van der Waals surface area contributed by atoms with Crippen LogP contribution in [0.25, 0.3) is 0 Å². The predicted octanol–water partition coefficient (Wildman–Crippen LogP) is 2.51. The smallest absolute Gasteiger partial charge is 0.330 e. The van der Waals surface area contributed by atoms with E-state index in [-0.39, 0.29) is 48.5 Å². The summed E-state index contributed by atoms with van der Waals surface area (Å²) < 4.78 is 36.5. The third-order valence-corrected chi connectivity index (χ3v) is 5.36. The zero-order chi connectivity index (χ0) is 24.0. The zero-order valence-electron chi connectivity index (χ0n) is 17.6. The summed E-state index contributed by atoms with van der Waals surface area (Å²) in [5, 5.41) is 0. The number of aromatic nitrogens is 2. The van der Waals surface area contributed by atoms with Crippen LogP contribution in [0.2, 0.25) is 0 Å². The molecule has 0 atom stereocenters. The van der Waals surface area contributed by atoms with Gasteiger partial charge < -0.3 is 14.9 Å². The monoisotopic (exact) mass is 480 g/mol. The SMILES string of the molecule is COCCN(C(=O)c1ccc(CSC(F)F)o1)c1c(N)n(Cc2ccccc2)c(=O)[nH]c1=O. The highest BCUT2D eigenvalue weighted by molar-refractivity contribution is 7.98. The van der Waals surface area contributed by atoms with Gasteiger partial charge in [-0.3, -0.25) is 24.0 Å². The topological polar surface area (TPSA) is 124 Å². The molecule has 12 heteroatoms. The molecule has 3 aromatic rings. The Morgan fingerprint density at radius 2 is 1.97 bits per heavy atom. The van der Waals surface area contributed by atoms with Gasteiger partial charge in [0.25, 0.3) is 17.2 Å². The number of amides is 1. The number of ether oxygens (including phenoxy) is 1. The number of nitrogen functional groups attached to an aromatic ring is 1. The van der Waals surface area contributed by atoms with E-state index in [1.165, 1.54) is 19.2 Å². The number of methoxy groups -OCH3 is 1. The number of nitrogens with two attached hydrogens (primary N) is 1. The van der Waals surface area contributed by atoms with Crippen LogP contribution in [0, 0.1) is 0 Å². The largest absolute Gasteiger partial charge is 0.455 e. The minimum atomic E-state index is -2.59. The molecule has 1 aromatic carbocycles. The van der Waals surface area contributed by atoms with E-state index in [2.05, 4.69) is 4.98 Å². The number of benzene rings is 1. The quantitative estimate of drug-likeness (QED) is 0.457. The fourth-order valence-corrected chi connectivity index (χ4v) is 3.55. The van der Waals surface area contributed by atoms with E-state index >= 15 is 0 Å². The Morgan fingerprint density at radius 1 is 1.24 bits per heavy atom. The Kier molecular flexibility index (Phi) is 8.06. The number of anilines is 2. The van der Waals surface area contributed by atoms with Crippen molar-refractivity contribution in [2.24, 2.45) is 0 Å². The van der Waals surface area contributed by atoms with Gasteiger partial charge in [-0.2, -0.15) is 8.78 Å². The van der Waals surface area contributed by atoms with E-state index in [0.717, 1.165) is 15.0 Å². The molecule has 9 nitrogen and oxygen atoms in total. The molecule has 0 saturated carbocycles. The number of halogens is 2. The maximum atomic E-state index is 13.2. The number of nitrogens with one attached hydrogen (secondary N) is 1. The number of H-pyrrole nitrogens is 1. The molecule has 0 aliphatic rings. The van der Waals surface area contributed by atoms with Crippen LogP contribution in [0.4, 0.5) is 20.3 Å². The maximum Gasteiger partial charge on any atom is 0.330 e. The van der Waals surface area contributed by atoms with Crippen molar-refractivity contribution in [3.63, 3.8) is 0 Å². The maximum absolute atomic E-state index is 13.2. The highest BCUT2D eigenvalue weighted by atomic mass is 32.2. The lowest BCUT2D eigenvalue weighted by Crippen LogP contribution is -2.42. The Morgan fingerprint density at radius 3 is 2.64 bits per heavy atom. The molecule has 3 rings (SSSR count). The molecule has 0 aliphatic carbocycles. The summed E-state index contributed by atoms with van der Waals surface area (Å²) in [6.07, 6.45) is 0. The summed E-state index contributed by atoms with van der Waals surface area (Å²) >= 11 is 0.352. The van der Waals surface area contributed by atoms with Crippen LogP contribution in [0.3, 0.4) is 0 Å². The molecule has 0 fully saturated rings. The fraction of sp³-hybridized carbons (Fsp3) is 0.286. The van der Waals surface area contributed by atoms with Crippen LogP contribution >= 0.6 is 11.8 Å². The van der Waals surface area contributed by atoms with Gasteiger partial charge in [0, 0.05) is 7.11 Å². The van der Waals surface area contributed by atoms with Crippen molar-refractivity contribution >= 4 is 29.2 Å². The van der Waals surface area contributed by atoms with Gasteiger partial charge in [0.1, 0.15) is 11.6 Å². The number of hydrogen-bond donors (Lipinski definition) is 2. The summed E-state index contributed by atoms with van der Waals surface area (Å²) in [6.45, 7) is 0.0442. The molecule has 176 valence electrons. The van der Waals surface area contributed by atoms with Gasteiger partial charge >= 0.3 is 5.69 Å². The highest BCUT2D eigenvalue weighted by Gasteiger charge is 2.27. The Bertz CT molecular complexity index is 1210. The van der Waals surface area contributed by atoms with Crippen LogP contribution in [-0.2, 0) is 17.0 Å². The summed E-state index contributed by atoms with van der Waals surface area (Å²) in [5.74, 6) is -3.66. The highest BCUT2D eigenvalue weighted by Crippen LogP contribution is 2.24. The molecule has 0 spiro atoms. The second-order valence-corrected chi connectivity index (χ2v) is 7.83. The Balaban J connectivity index is 2.00. The average molecular weight is 480 g/mol. The zero-order valence-corrected chi connectivity index (χ0v) is 18.4. The third-order valence-electron chi connectivity index (χ3n) is 4.66. The molecule has 3 N–H and O–H groups in total. The van der Waals surface area contributed by atoms with Crippen molar-refractivity contribution in [1.82, 2.24) is 9.55 Å². The van der Waals surface area contributed by atoms with E-state index in [1.54, 1.807) is 24.3 Å². The van der Waals surface area contributed by atoms with Gasteiger partial charge in [-0.05, 0) is 17.7 Å². The number of hydrogen-bond acceptors (Lipinski definition) is 7. The molecule has 0 radical (unpaired) electrons. The molecular formula is C21H22F2N4O5S. The lowest BCUT2D eigenvalue weighted by atomic mass is 10.2. The van der Waals surface area contributed by atoms with E-state index in [9.17, 15) is 23.2 Å². The van der Waals surface area contributed by atoms with Crippen LogP contribution in [-0.4, -0.2) is 41.5 Å². The molecule has 0 aliphatic heterocycles. The molecule has 0 bridgehead atoms. The van der Waals surface area contributed by atoms with Crippen molar-refractivity contribution in [3.05, 3.63) is 80.4 Å². The lowest BCUT2D eigenvalue weighted by Gasteiger charge is -2.23. The van der Waals surface area contributed by atoms with Gasteiger partial charge in [-0.25, -0.2) is 4.79 Å². The first-order valence-corrected chi connectivity index (χ1v) is 10.8. The van der Waals surface area contributed by atoms with E-state index in [0.29, 0.717) is 11.8 Å². The number of carbonyl (C=O) groups excluding carboxylic acids is 1. The second-order valence-electron chi connectivity index (χ2n) is 6.85. The number of alkyl halides is 2. The van der Waals surface area contributed by atoms with E-state index in [4.69, 9.17) is 14.9 Å². The Labute approximate surface area is 191 Å². The number of rotatable bonds is 10. The number of thioether (sulfide) groups is 1. The van der Waals surface area contributed by atoms with Gasteiger partial charge in [0.05, 0.1) is 25.4 Å². The molecular weight excluding hydrogens is 458 g/mol. The molecule has 33 heavy (non-hydrogen) atoms. The first kappa shape index (κ1) is 24.3. The summed E-state index contributed by atoms with van der Waals surface area (Å²) in [7, 11) is 1.42. The second kappa shape index (κ2) is 11.0. The fourth-order valence-electron chi connectivity index (χ4n) is 3.11. The minimum absolute atomic E-state index is 0.0528. The first-order valence-electron chi connectivity index (χ1n) is 9.77. The van der Waals surface area contributed by atoms with E-state index in [1.807, 2.05) is 6.07 Å². The standard InChI is InChI=1S/C21H22F2N4O5S/c1-31-10-9-26(19(29)15-8-7-14(32-15)12-33-20(22)23)16-17(24)27(21(30)25-18(16)28)11-13-5-3-2-4-6-13/h2-8,20H,9-12,24H2,1H3,(H,25,28,30). The van der Waals surface area contributed by atoms with Crippen LogP contribution in [0.5, 0.6) is 0 Å². The summed E-state index contributed by atoms with van der Waals surface area (Å²) in [4.78, 5) is 41.5. The van der Waals surface area contributed by atoms with E-state index < -0.39 is 22.9 Å². The average Bonchev–Trinajstić information content (AvgIpc) is 3.27. The molecule has 2 aromatic heterocycles. The number of nitrogens with zero attached hydrogens (tertiary/aromatic N) is 2. The van der Waals surface area contributed by atoms with Crippen molar-refractivity contribution in [3.8, 4) is 0 Å². The van der Waals surface area contributed by atoms with Gasteiger partial charge in [-0.15, -0.1) is 0 Å². The van der Waals surface area contributed by atoms with Gasteiger partial charge in [0.2, 0.25) is 0 Å². The molecule has 0 saturated heterocycles. The molecule has 2 heterocycles.